The molecule has 2 aromatic heterocycles. The molecule has 5 N–H and O–H groups in total. The molecule has 0 radical (unpaired) electrons. The number of anilines is 1. The molecule has 0 unspecified atom stereocenters. The van der Waals surface area contributed by atoms with Crippen molar-refractivity contribution in [2.45, 2.75) is 49.9 Å². The summed E-state index contributed by atoms with van der Waals surface area (Å²) < 4.78 is 31.3. The third kappa shape index (κ3) is 8.85. The second-order valence-electron chi connectivity index (χ2n) is 12.0. The lowest BCUT2D eigenvalue weighted by molar-refractivity contribution is 0.0950. The van der Waals surface area contributed by atoms with E-state index in [4.69, 9.17) is 0 Å². The van der Waals surface area contributed by atoms with Crippen molar-refractivity contribution in [3.8, 4) is 11.3 Å². The number of aliphatic hydroxyl groups excluding tert-OH is 1. The van der Waals surface area contributed by atoms with Crippen LogP contribution in [-0.2, 0) is 30.2 Å². The van der Waals surface area contributed by atoms with Gasteiger partial charge in [-0.2, -0.15) is 0 Å². The van der Waals surface area contributed by atoms with Gasteiger partial charge in [0, 0.05) is 54.8 Å². The molecule has 246 valence electrons. The number of hydrogen-bond donors (Lipinski definition) is 5. The molecular formula is C34H39N7O5S. The number of rotatable bonds is 14. The Labute approximate surface area is 273 Å². The number of sulfonamides is 1. The van der Waals surface area contributed by atoms with E-state index in [1.54, 1.807) is 68.0 Å². The summed E-state index contributed by atoms with van der Waals surface area (Å²) in [5, 5.41) is 20.0. The van der Waals surface area contributed by atoms with Crippen LogP contribution in [0.1, 0.15) is 48.0 Å². The van der Waals surface area contributed by atoms with Gasteiger partial charge in [0.15, 0.2) is 0 Å². The third-order valence-electron chi connectivity index (χ3n) is 7.80. The predicted octanol–water partition coefficient (Wildman–Crippen LogP) is 3.80. The van der Waals surface area contributed by atoms with Crippen LogP contribution in [0.4, 0.5) is 5.69 Å². The fourth-order valence-electron chi connectivity index (χ4n) is 4.95. The van der Waals surface area contributed by atoms with Gasteiger partial charge in [-0.15, -0.1) is 0 Å². The monoisotopic (exact) mass is 657 g/mol. The number of carbonyl (C=O) groups is 1. The summed E-state index contributed by atoms with van der Waals surface area (Å²) in [6, 6.07) is 23.5. The van der Waals surface area contributed by atoms with Crippen molar-refractivity contribution < 1.29 is 18.3 Å². The lowest BCUT2D eigenvalue weighted by atomic mass is 9.99. The quantitative estimate of drug-likeness (QED) is 0.121. The molecule has 0 aliphatic carbocycles. The molecule has 0 bridgehead atoms. The van der Waals surface area contributed by atoms with Crippen LogP contribution in [0.25, 0.3) is 11.3 Å². The molecule has 5 aromatic rings. The Hall–Kier alpha value is -4.98. The van der Waals surface area contributed by atoms with E-state index in [-0.39, 0.29) is 35.0 Å². The van der Waals surface area contributed by atoms with E-state index in [2.05, 4.69) is 39.3 Å². The highest BCUT2D eigenvalue weighted by molar-refractivity contribution is 7.92. The van der Waals surface area contributed by atoms with E-state index >= 15 is 0 Å². The van der Waals surface area contributed by atoms with Crippen LogP contribution in [0.2, 0.25) is 0 Å². The molecule has 47 heavy (non-hydrogen) atoms. The van der Waals surface area contributed by atoms with Crippen molar-refractivity contribution >= 4 is 21.6 Å². The Morgan fingerprint density at radius 2 is 1.77 bits per heavy atom. The van der Waals surface area contributed by atoms with Gasteiger partial charge in [-0.05, 0) is 62.2 Å². The maximum absolute atomic E-state index is 12.7. The number of nitrogens with zero attached hydrogens (tertiary/aromatic N) is 3. The molecule has 2 heterocycles. The number of amides is 1. The molecule has 3 aromatic carbocycles. The van der Waals surface area contributed by atoms with Gasteiger partial charge in [0.25, 0.3) is 21.5 Å². The van der Waals surface area contributed by atoms with E-state index in [1.807, 2.05) is 22.9 Å². The van der Waals surface area contributed by atoms with E-state index < -0.39 is 16.1 Å². The Balaban J connectivity index is 1.10. The highest BCUT2D eigenvalue weighted by Gasteiger charge is 2.20. The largest absolute Gasteiger partial charge is 0.387 e. The number of hydrogen-bond acceptors (Lipinski definition) is 7. The number of aromatic nitrogens is 4. The zero-order valence-corrected chi connectivity index (χ0v) is 27.3. The first-order chi connectivity index (χ1) is 22.4. The van der Waals surface area contributed by atoms with E-state index in [0.29, 0.717) is 29.1 Å². The van der Waals surface area contributed by atoms with Gasteiger partial charge in [-0.25, -0.2) is 13.4 Å². The topological polar surface area (TPSA) is 163 Å². The van der Waals surface area contributed by atoms with Crippen LogP contribution in [0.3, 0.4) is 0 Å². The molecule has 0 aliphatic rings. The molecule has 1 amide bonds. The van der Waals surface area contributed by atoms with Crippen LogP contribution in [0, 0.1) is 0 Å². The minimum atomic E-state index is -3.74. The molecule has 0 aliphatic heterocycles. The van der Waals surface area contributed by atoms with Crippen LogP contribution in [0.15, 0.2) is 107 Å². The molecule has 0 saturated carbocycles. The number of aryl methyl sites for hydroxylation is 2. The summed E-state index contributed by atoms with van der Waals surface area (Å²) in [5.74, 6) is -0.244. The average molecular weight is 658 g/mol. The zero-order valence-electron chi connectivity index (χ0n) is 26.5. The number of nitrogens with one attached hydrogen (secondary N) is 4. The predicted molar refractivity (Wildman–Crippen MR) is 180 cm³/mol. The molecule has 5 rings (SSSR count). The van der Waals surface area contributed by atoms with Crippen molar-refractivity contribution in [2.24, 2.45) is 7.05 Å². The van der Waals surface area contributed by atoms with Crippen LogP contribution < -0.4 is 20.9 Å². The average Bonchev–Trinajstić information content (AvgIpc) is 3.67. The highest BCUT2D eigenvalue weighted by Crippen LogP contribution is 2.22. The van der Waals surface area contributed by atoms with Gasteiger partial charge in [-0.3, -0.25) is 24.1 Å². The van der Waals surface area contributed by atoms with Crippen molar-refractivity contribution in [3.05, 3.63) is 125 Å². The summed E-state index contributed by atoms with van der Waals surface area (Å²) in [4.78, 5) is 28.8. The van der Waals surface area contributed by atoms with Crippen molar-refractivity contribution in [1.82, 2.24) is 30.0 Å². The number of carbonyl (C=O) groups excluding carboxylic acids is 1. The normalized spacial score (nSPS) is 12.5. The fraction of sp³-hybridized carbons (Fsp3) is 0.265. The number of aliphatic hydroxyl groups is 1. The number of aromatic amines is 1. The Bertz CT molecular complexity index is 1980. The number of H-pyrrole nitrogens is 1. The second kappa shape index (κ2) is 14.2. The number of imidazole rings is 1. The second-order valence-corrected chi connectivity index (χ2v) is 13.7. The number of benzene rings is 3. The van der Waals surface area contributed by atoms with Crippen molar-refractivity contribution in [2.75, 3.05) is 11.3 Å². The minimum Gasteiger partial charge on any atom is -0.387 e. The van der Waals surface area contributed by atoms with E-state index in [1.165, 1.54) is 22.9 Å². The Kier molecular flexibility index (Phi) is 10.1. The van der Waals surface area contributed by atoms with Crippen molar-refractivity contribution in [1.29, 1.82) is 0 Å². The Morgan fingerprint density at radius 3 is 2.47 bits per heavy atom. The molecule has 0 fully saturated rings. The lowest BCUT2D eigenvalue weighted by Crippen LogP contribution is -2.42. The van der Waals surface area contributed by atoms with Crippen LogP contribution in [0.5, 0.6) is 0 Å². The molecular weight excluding hydrogens is 618 g/mol. The summed E-state index contributed by atoms with van der Waals surface area (Å²) in [7, 11) is -2.12. The smallest absolute Gasteiger partial charge is 0.266 e. The maximum atomic E-state index is 12.7. The van der Waals surface area contributed by atoms with Gasteiger partial charge in [0.2, 0.25) is 0 Å². The van der Waals surface area contributed by atoms with Crippen LogP contribution in [-0.4, -0.2) is 50.8 Å². The SMILES string of the molecule is Cn1[nH]c(CNC(=O)c2ccc(-c3cn(CCC(C)(C)NC[C@@H](O)c4cccc(NS(=O)(=O)c5ccccc5)c4)cn3)cc2)cc1=O. The Morgan fingerprint density at radius 1 is 1.02 bits per heavy atom. The standard InChI is InChI=1S/C34H39N7O5S/c1-34(2,37-21-31(42)26-8-7-9-27(18-26)39-47(45,46)29-10-5-4-6-11-29)16-17-41-22-30(36-23-41)24-12-14-25(15-13-24)33(44)35-20-28-19-32(43)40(3)38-28/h4-15,18-19,22-23,31,37-39,42H,16-17,20-21H2,1-3H3,(H,35,44)/t31-/m1/s1. The molecule has 12 nitrogen and oxygen atoms in total. The minimum absolute atomic E-state index is 0.163. The van der Waals surface area contributed by atoms with Crippen LogP contribution >= 0.6 is 0 Å². The first kappa shape index (κ1) is 33.4. The molecule has 0 saturated heterocycles. The molecule has 0 spiro atoms. The number of β-amino-alcohol motifs (C(OH)–C–C–N with tert-alkyl or cyclic N) is 1. The summed E-state index contributed by atoms with van der Waals surface area (Å²) >= 11 is 0. The molecule has 1 atom stereocenters. The van der Waals surface area contributed by atoms with Gasteiger partial charge in [0.05, 0.1) is 35.3 Å². The van der Waals surface area contributed by atoms with E-state index in [0.717, 1.165) is 17.7 Å². The summed E-state index contributed by atoms with van der Waals surface area (Å²) in [6.45, 7) is 5.29. The van der Waals surface area contributed by atoms with Gasteiger partial charge in [0.1, 0.15) is 0 Å². The fourth-order valence-corrected chi connectivity index (χ4v) is 6.02. The van der Waals surface area contributed by atoms with Gasteiger partial charge < -0.3 is 20.3 Å². The summed E-state index contributed by atoms with van der Waals surface area (Å²) in [6.07, 6.45) is 3.62. The highest BCUT2D eigenvalue weighted by atomic mass is 32.2. The van der Waals surface area contributed by atoms with Gasteiger partial charge >= 0.3 is 0 Å². The maximum Gasteiger partial charge on any atom is 0.266 e. The van der Waals surface area contributed by atoms with Gasteiger partial charge in [-0.1, -0.05) is 42.5 Å². The summed E-state index contributed by atoms with van der Waals surface area (Å²) in [5.41, 5.74) is 3.27. The molecule has 13 heteroatoms. The van der Waals surface area contributed by atoms with E-state index in [9.17, 15) is 23.1 Å². The first-order valence-electron chi connectivity index (χ1n) is 15.1. The first-order valence-corrected chi connectivity index (χ1v) is 16.6. The van der Waals surface area contributed by atoms with Crippen molar-refractivity contribution in [3.63, 3.8) is 0 Å². The lowest BCUT2D eigenvalue weighted by Gasteiger charge is -2.28. The third-order valence-corrected chi connectivity index (χ3v) is 9.20. The zero-order chi connectivity index (χ0) is 33.6.